The number of Topliss-reactive ketones (excluding diaryl/α,β-unsaturated/α-hetero) is 1. The molecule has 0 spiro atoms. The van der Waals surface area contributed by atoms with Crippen LogP contribution in [0.5, 0.6) is 5.75 Å². The second kappa shape index (κ2) is 7.59. The number of aryl methyl sites for hydroxylation is 1. The molecule has 26 heavy (non-hydrogen) atoms. The number of carbonyl (C=O) groups excluding carboxylic acids is 1. The quantitative estimate of drug-likeness (QED) is 0.767. The fourth-order valence-corrected chi connectivity index (χ4v) is 2.37. The van der Waals surface area contributed by atoms with Crippen molar-refractivity contribution in [2.24, 2.45) is 0 Å². The van der Waals surface area contributed by atoms with Gasteiger partial charge in [0.1, 0.15) is 23.9 Å². The Morgan fingerprint density at radius 2 is 2.00 bits per heavy atom. The Morgan fingerprint density at radius 3 is 2.54 bits per heavy atom. The van der Waals surface area contributed by atoms with Crippen LogP contribution in [0.25, 0.3) is 11.3 Å². The first-order valence-corrected chi connectivity index (χ1v) is 7.72. The highest BCUT2D eigenvalue weighted by atomic mass is 35.5. The second-order valence-electron chi connectivity index (χ2n) is 5.61. The van der Waals surface area contributed by atoms with Crippen molar-refractivity contribution in [3.63, 3.8) is 0 Å². The van der Waals surface area contributed by atoms with Crippen LogP contribution in [0, 0.1) is 12.7 Å². The van der Waals surface area contributed by atoms with Gasteiger partial charge >= 0.3 is 6.18 Å². The minimum atomic E-state index is -4.92. The molecule has 1 unspecified atom stereocenters. The average Bonchev–Trinajstić information content (AvgIpc) is 2.54. The van der Waals surface area contributed by atoms with E-state index in [4.69, 9.17) is 16.3 Å². The Bertz CT molecular complexity index is 839. The first-order chi connectivity index (χ1) is 12.0. The van der Waals surface area contributed by atoms with E-state index in [-0.39, 0.29) is 40.0 Å². The van der Waals surface area contributed by atoms with Gasteiger partial charge in [0.25, 0.3) is 0 Å². The van der Waals surface area contributed by atoms with E-state index in [9.17, 15) is 27.5 Å². The normalized spacial score (nSPS) is 12.8. The summed E-state index contributed by atoms with van der Waals surface area (Å²) in [6.45, 7) is 2.39. The highest BCUT2D eigenvalue weighted by Gasteiger charge is 2.41. The summed E-state index contributed by atoms with van der Waals surface area (Å²) in [6, 6.07) is 4.47. The van der Waals surface area contributed by atoms with Crippen LogP contribution in [0.3, 0.4) is 0 Å². The van der Waals surface area contributed by atoms with E-state index in [2.05, 4.69) is 4.98 Å². The number of pyridine rings is 1. The number of aliphatic hydroxyl groups is 1. The number of hydrogen-bond acceptors (Lipinski definition) is 4. The molecule has 140 valence electrons. The van der Waals surface area contributed by atoms with Crippen molar-refractivity contribution in [2.45, 2.75) is 26.1 Å². The summed E-state index contributed by atoms with van der Waals surface area (Å²) in [5.74, 6) is -0.988. The molecule has 1 aromatic heterocycles. The van der Waals surface area contributed by atoms with Crippen molar-refractivity contribution < 1.29 is 32.2 Å². The monoisotopic (exact) mass is 391 g/mol. The van der Waals surface area contributed by atoms with Gasteiger partial charge in [-0.2, -0.15) is 13.2 Å². The van der Waals surface area contributed by atoms with Crippen molar-refractivity contribution in [1.82, 2.24) is 4.98 Å². The van der Waals surface area contributed by atoms with Crippen molar-refractivity contribution in [1.29, 1.82) is 0 Å². The molecule has 1 heterocycles. The summed E-state index contributed by atoms with van der Waals surface area (Å²) in [7, 11) is 0. The van der Waals surface area contributed by atoms with Gasteiger partial charge in [-0.1, -0.05) is 11.6 Å². The number of ether oxygens (including phenoxy) is 1. The molecule has 4 nitrogen and oxygen atoms in total. The van der Waals surface area contributed by atoms with Crippen LogP contribution < -0.4 is 4.74 Å². The van der Waals surface area contributed by atoms with Crippen LogP contribution in [-0.2, 0) is 4.79 Å². The van der Waals surface area contributed by atoms with Gasteiger partial charge in [-0.05, 0) is 43.7 Å². The first kappa shape index (κ1) is 20.1. The largest absolute Gasteiger partial charge is 0.483 e. The zero-order valence-electron chi connectivity index (χ0n) is 13.7. The molecular formula is C17H14ClF4NO3. The molecule has 1 aromatic carbocycles. The highest BCUT2D eigenvalue weighted by Crippen LogP contribution is 2.38. The van der Waals surface area contributed by atoms with Gasteiger partial charge in [-0.15, -0.1) is 0 Å². The summed E-state index contributed by atoms with van der Waals surface area (Å²) in [5.41, 5.74) is -0.351. The summed E-state index contributed by atoms with van der Waals surface area (Å²) < 4.78 is 57.3. The summed E-state index contributed by atoms with van der Waals surface area (Å²) >= 11 is 5.73. The molecular weight excluding hydrogens is 378 g/mol. The van der Waals surface area contributed by atoms with Crippen molar-refractivity contribution >= 4 is 17.4 Å². The summed E-state index contributed by atoms with van der Waals surface area (Å²) in [4.78, 5) is 15.0. The molecule has 0 saturated heterocycles. The molecule has 0 aliphatic rings. The van der Waals surface area contributed by atoms with E-state index in [1.165, 1.54) is 26.0 Å². The SMILES string of the molecule is CC(=O)COc1c(C)cc(C(O)C(F)(F)F)nc1-c1ccc(F)c(Cl)c1. The molecule has 0 amide bonds. The topological polar surface area (TPSA) is 59.4 Å². The predicted molar refractivity (Wildman–Crippen MR) is 86.6 cm³/mol. The lowest BCUT2D eigenvalue weighted by molar-refractivity contribution is -0.207. The number of nitrogens with zero attached hydrogens (tertiary/aromatic N) is 1. The molecule has 0 fully saturated rings. The molecule has 0 aliphatic carbocycles. The van der Waals surface area contributed by atoms with E-state index in [1.807, 2.05) is 0 Å². The molecule has 0 radical (unpaired) electrons. The molecule has 2 rings (SSSR count). The number of ketones is 1. The van der Waals surface area contributed by atoms with Crippen molar-refractivity contribution in [3.05, 3.63) is 46.4 Å². The van der Waals surface area contributed by atoms with E-state index < -0.39 is 23.8 Å². The van der Waals surface area contributed by atoms with Gasteiger partial charge in [0.15, 0.2) is 11.9 Å². The number of aromatic nitrogens is 1. The maximum Gasteiger partial charge on any atom is 0.420 e. The molecule has 9 heteroatoms. The highest BCUT2D eigenvalue weighted by molar-refractivity contribution is 6.31. The van der Waals surface area contributed by atoms with E-state index in [0.717, 1.165) is 12.1 Å². The molecule has 0 aliphatic heterocycles. The van der Waals surface area contributed by atoms with Crippen LogP contribution in [0.15, 0.2) is 24.3 Å². The van der Waals surface area contributed by atoms with Crippen LogP contribution in [0.4, 0.5) is 17.6 Å². The molecule has 2 aromatic rings. The van der Waals surface area contributed by atoms with E-state index in [0.29, 0.717) is 0 Å². The Kier molecular flexibility index (Phi) is 5.87. The maximum atomic E-state index is 13.4. The van der Waals surface area contributed by atoms with E-state index >= 15 is 0 Å². The third-order valence-corrected chi connectivity index (χ3v) is 3.67. The number of rotatable bonds is 5. The molecule has 0 saturated carbocycles. The number of aliphatic hydroxyl groups excluding tert-OH is 1. The fraction of sp³-hybridized carbons (Fsp3) is 0.294. The van der Waals surface area contributed by atoms with Gasteiger partial charge in [-0.3, -0.25) is 4.79 Å². The minimum absolute atomic E-state index is 0.0426. The molecule has 0 bridgehead atoms. The predicted octanol–water partition coefficient (Wildman–Crippen LogP) is 4.41. The van der Waals surface area contributed by atoms with Crippen molar-refractivity contribution in [3.8, 4) is 17.0 Å². The Hall–Kier alpha value is -2.19. The summed E-state index contributed by atoms with van der Waals surface area (Å²) in [5, 5.41) is 9.23. The number of carbonyl (C=O) groups is 1. The number of hydrogen-bond donors (Lipinski definition) is 1. The fourth-order valence-electron chi connectivity index (χ4n) is 2.19. The number of benzene rings is 1. The van der Waals surface area contributed by atoms with Gasteiger partial charge in [-0.25, -0.2) is 9.37 Å². The number of halogens is 5. The number of alkyl halides is 3. The standard InChI is InChI=1S/C17H14ClF4NO3/c1-8-5-13(16(25)17(20,21)22)23-14(15(8)26-7-9(2)24)10-3-4-12(19)11(18)6-10/h3-6,16,25H,7H2,1-2H3. The first-order valence-electron chi connectivity index (χ1n) is 7.34. The van der Waals surface area contributed by atoms with Crippen LogP contribution in [-0.4, -0.2) is 28.7 Å². The molecule has 1 N–H and O–H groups in total. The lowest BCUT2D eigenvalue weighted by Gasteiger charge is -2.19. The Balaban J connectivity index is 2.64. The zero-order chi connectivity index (χ0) is 19.6. The minimum Gasteiger partial charge on any atom is -0.483 e. The maximum absolute atomic E-state index is 13.4. The summed E-state index contributed by atoms with van der Waals surface area (Å²) in [6.07, 6.45) is -7.73. The van der Waals surface area contributed by atoms with Crippen LogP contribution >= 0.6 is 11.6 Å². The van der Waals surface area contributed by atoms with E-state index in [1.54, 1.807) is 0 Å². The average molecular weight is 392 g/mol. The Morgan fingerprint density at radius 1 is 1.35 bits per heavy atom. The van der Waals surface area contributed by atoms with Crippen LogP contribution in [0.1, 0.15) is 24.3 Å². The third-order valence-electron chi connectivity index (χ3n) is 3.38. The third kappa shape index (κ3) is 4.50. The smallest absolute Gasteiger partial charge is 0.420 e. The Labute approximate surface area is 151 Å². The molecule has 1 atom stereocenters. The van der Waals surface area contributed by atoms with Gasteiger partial charge < -0.3 is 9.84 Å². The second-order valence-corrected chi connectivity index (χ2v) is 6.01. The lowest BCUT2D eigenvalue weighted by Crippen LogP contribution is -2.22. The van der Waals surface area contributed by atoms with Crippen molar-refractivity contribution in [2.75, 3.05) is 6.61 Å². The van der Waals surface area contributed by atoms with Gasteiger partial charge in [0, 0.05) is 5.56 Å². The van der Waals surface area contributed by atoms with Gasteiger partial charge in [0.2, 0.25) is 0 Å². The van der Waals surface area contributed by atoms with Crippen LogP contribution in [0.2, 0.25) is 5.02 Å². The lowest BCUT2D eigenvalue weighted by atomic mass is 10.0. The van der Waals surface area contributed by atoms with Gasteiger partial charge in [0.05, 0.1) is 10.7 Å². The zero-order valence-corrected chi connectivity index (χ0v) is 14.5.